The van der Waals surface area contributed by atoms with E-state index in [0.717, 1.165) is 49.2 Å². The number of morpholine rings is 1. The Hall–Kier alpha value is -1.17. The summed E-state index contributed by atoms with van der Waals surface area (Å²) in [5.41, 5.74) is 0.996. The molecule has 1 fully saturated rings. The molecule has 2 aromatic rings. The fourth-order valence-electron chi connectivity index (χ4n) is 1.91. The molecule has 1 aliphatic heterocycles. The zero-order chi connectivity index (χ0) is 11.5. The number of hydrogen-bond acceptors (Lipinski definition) is 5. The van der Waals surface area contributed by atoms with Crippen LogP contribution in [0, 0.1) is 0 Å². The number of rotatable bonds is 3. The number of hydrogen-bond donors (Lipinski definition) is 0. The Bertz CT molecular complexity index is 461. The number of thiophene rings is 1. The van der Waals surface area contributed by atoms with Gasteiger partial charge in [0.25, 0.3) is 0 Å². The minimum absolute atomic E-state index is 0.815. The Balaban J connectivity index is 1.68. The third kappa shape index (κ3) is 2.57. The molecule has 0 radical (unpaired) electrons. The summed E-state index contributed by atoms with van der Waals surface area (Å²) in [4.78, 5) is 3.46. The molecule has 1 aliphatic rings. The van der Waals surface area contributed by atoms with Crippen LogP contribution in [0.2, 0.25) is 0 Å². The molecule has 0 bridgehead atoms. The van der Waals surface area contributed by atoms with Crippen molar-refractivity contribution in [1.29, 1.82) is 0 Å². The maximum Gasteiger partial charge on any atom is 0.177 e. The molecule has 17 heavy (non-hydrogen) atoms. The van der Waals surface area contributed by atoms with Gasteiger partial charge >= 0.3 is 0 Å². The van der Waals surface area contributed by atoms with Gasteiger partial charge < -0.3 is 9.26 Å². The van der Waals surface area contributed by atoms with E-state index in [4.69, 9.17) is 9.26 Å². The van der Waals surface area contributed by atoms with Crippen LogP contribution in [0.1, 0.15) is 5.69 Å². The number of nitrogens with zero attached hydrogens (tertiary/aromatic N) is 2. The third-order valence-corrected chi connectivity index (χ3v) is 3.70. The van der Waals surface area contributed by atoms with Crippen molar-refractivity contribution in [3.63, 3.8) is 0 Å². The molecule has 2 aromatic heterocycles. The Labute approximate surface area is 104 Å². The van der Waals surface area contributed by atoms with Crippen molar-refractivity contribution in [2.24, 2.45) is 0 Å². The summed E-state index contributed by atoms with van der Waals surface area (Å²) in [7, 11) is 0. The van der Waals surface area contributed by atoms with Crippen molar-refractivity contribution >= 4 is 11.3 Å². The monoisotopic (exact) mass is 250 g/mol. The largest absolute Gasteiger partial charge is 0.379 e. The van der Waals surface area contributed by atoms with Gasteiger partial charge in [0.2, 0.25) is 0 Å². The first-order valence-electron chi connectivity index (χ1n) is 5.71. The smallest absolute Gasteiger partial charge is 0.177 e. The van der Waals surface area contributed by atoms with E-state index < -0.39 is 0 Å². The van der Waals surface area contributed by atoms with E-state index in [1.54, 1.807) is 11.3 Å². The van der Waals surface area contributed by atoms with Crippen molar-refractivity contribution < 1.29 is 9.26 Å². The molecule has 0 amide bonds. The van der Waals surface area contributed by atoms with Gasteiger partial charge in [-0.25, -0.2) is 0 Å². The van der Waals surface area contributed by atoms with Crippen LogP contribution in [0.4, 0.5) is 0 Å². The molecular weight excluding hydrogens is 236 g/mol. The van der Waals surface area contributed by atoms with E-state index in [9.17, 15) is 0 Å². The minimum Gasteiger partial charge on any atom is -0.379 e. The lowest BCUT2D eigenvalue weighted by molar-refractivity contribution is 0.0332. The van der Waals surface area contributed by atoms with Gasteiger partial charge in [-0.05, 0) is 11.4 Å². The molecule has 0 unspecified atom stereocenters. The van der Waals surface area contributed by atoms with Gasteiger partial charge in [0.05, 0.1) is 23.8 Å². The normalized spacial score (nSPS) is 17.4. The summed E-state index contributed by atoms with van der Waals surface area (Å²) in [6, 6.07) is 6.09. The van der Waals surface area contributed by atoms with Crippen LogP contribution in [0.25, 0.3) is 10.6 Å². The van der Waals surface area contributed by atoms with Gasteiger partial charge in [0, 0.05) is 25.7 Å². The number of aromatic nitrogens is 1. The van der Waals surface area contributed by atoms with Gasteiger partial charge in [0.15, 0.2) is 5.76 Å². The summed E-state index contributed by atoms with van der Waals surface area (Å²) in [5.74, 6) is 0.864. The standard InChI is InChI=1S/C12H14N2O2S/c1-2-12(17-7-1)11-8-10(13-16-11)9-14-3-5-15-6-4-14/h1-2,7-8H,3-6,9H2. The third-order valence-electron chi connectivity index (χ3n) is 2.81. The van der Waals surface area contributed by atoms with E-state index in [2.05, 4.69) is 10.1 Å². The highest BCUT2D eigenvalue weighted by Crippen LogP contribution is 2.25. The molecule has 90 valence electrons. The van der Waals surface area contributed by atoms with Crippen molar-refractivity contribution in [3.8, 4) is 10.6 Å². The van der Waals surface area contributed by atoms with Gasteiger partial charge in [-0.2, -0.15) is 0 Å². The Morgan fingerprint density at radius 2 is 2.24 bits per heavy atom. The fraction of sp³-hybridized carbons (Fsp3) is 0.417. The predicted molar refractivity (Wildman–Crippen MR) is 65.9 cm³/mol. The maximum absolute atomic E-state index is 5.35. The minimum atomic E-state index is 0.815. The van der Waals surface area contributed by atoms with E-state index >= 15 is 0 Å². The lowest BCUT2D eigenvalue weighted by Gasteiger charge is -2.25. The molecule has 0 spiro atoms. The SMILES string of the molecule is c1csc(-c2cc(CN3CCOCC3)no2)c1. The van der Waals surface area contributed by atoms with Crippen LogP contribution in [-0.4, -0.2) is 36.4 Å². The van der Waals surface area contributed by atoms with Crippen LogP contribution in [0.15, 0.2) is 28.1 Å². The van der Waals surface area contributed by atoms with Crippen molar-refractivity contribution in [3.05, 3.63) is 29.3 Å². The highest BCUT2D eigenvalue weighted by atomic mass is 32.1. The van der Waals surface area contributed by atoms with Crippen LogP contribution in [0.5, 0.6) is 0 Å². The van der Waals surface area contributed by atoms with Gasteiger partial charge in [-0.1, -0.05) is 11.2 Å². The van der Waals surface area contributed by atoms with E-state index in [-0.39, 0.29) is 0 Å². The lowest BCUT2D eigenvalue weighted by atomic mass is 10.3. The van der Waals surface area contributed by atoms with Gasteiger partial charge in [0.1, 0.15) is 0 Å². The van der Waals surface area contributed by atoms with Crippen molar-refractivity contribution in [1.82, 2.24) is 10.1 Å². The molecule has 0 saturated carbocycles. The molecular formula is C12H14N2O2S. The Morgan fingerprint density at radius 1 is 1.35 bits per heavy atom. The van der Waals surface area contributed by atoms with E-state index in [1.807, 2.05) is 23.6 Å². The Kier molecular flexibility index (Phi) is 3.22. The summed E-state index contributed by atoms with van der Waals surface area (Å²) in [6.07, 6.45) is 0. The van der Waals surface area contributed by atoms with Gasteiger partial charge in [-0.15, -0.1) is 11.3 Å². The molecule has 3 heterocycles. The Morgan fingerprint density at radius 3 is 3.00 bits per heavy atom. The second kappa shape index (κ2) is 5.00. The van der Waals surface area contributed by atoms with Crippen LogP contribution in [0.3, 0.4) is 0 Å². The van der Waals surface area contributed by atoms with Crippen molar-refractivity contribution in [2.45, 2.75) is 6.54 Å². The second-order valence-electron chi connectivity index (χ2n) is 4.05. The molecule has 0 atom stereocenters. The molecule has 0 aromatic carbocycles. The van der Waals surface area contributed by atoms with Crippen LogP contribution >= 0.6 is 11.3 Å². The molecule has 5 heteroatoms. The summed E-state index contributed by atoms with van der Waals surface area (Å²) in [6.45, 7) is 4.42. The average Bonchev–Trinajstić information content (AvgIpc) is 3.00. The molecule has 0 aliphatic carbocycles. The first-order valence-corrected chi connectivity index (χ1v) is 6.59. The van der Waals surface area contributed by atoms with Crippen LogP contribution in [-0.2, 0) is 11.3 Å². The molecule has 4 nitrogen and oxygen atoms in total. The fourth-order valence-corrected chi connectivity index (χ4v) is 2.58. The zero-order valence-electron chi connectivity index (χ0n) is 9.46. The second-order valence-corrected chi connectivity index (χ2v) is 5.00. The summed E-state index contributed by atoms with van der Waals surface area (Å²) >= 11 is 1.67. The maximum atomic E-state index is 5.35. The van der Waals surface area contributed by atoms with Crippen LogP contribution < -0.4 is 0 Å². The topological polar surface area (TPSA) is 38.5 Å². The summed E-state index contributed by atoms with van der Waals surface area (Å²) in [5, 5.41) is 6.16. The lowest BCUT2D eigenvalue weighted by Crippen LogP contribution is -2.35. The van der Waals surface area contributed by atoms with Gasteiger partial charge in [-0.3, -0.25) is 4.90 Å². The predicted octanol–water partition coefficient (Wildman–Crippen LogP) is 2.24. The number of ether oxygens (including phenoxy) is 1. The van der Waals surface area contributed by atoms with E-state index in [1.165, 1.54) is 0 Å². The van der Waals surface area contributed by atoms with Crippen molar-refractivity contribution in [2.75, 3.05) is 26.3 Å². The first kappa shape index (κ1) is 11.0. The molecule has 1 saturated heterocycles. The average molecular weight is 250 g/mol. The molecule has 3 rings (SSSR count). The van der Waals surface area contributed by atoms with E-state index in [0.29, 0.717) is 0 Å². The summed E-state index contributed by atoms with van der Waals surface area (Å²) < 4.78 is 10.7. The first-order chi connectivity index (χ1) is 8.42. The quantitative estimate of drug-likeness (QED) is 0.837. The zero-order valence-corrected chi connectivity index (χ0v) is 10.3. The highest BCUT2D eigenvalue weighted by molar-refractivity contribution is 7.13. The highest BCUT2D eigenvalue weighted by Gasteiger charge is 2.14. The molecule has 0 N–H and O–H groups in total.